The van der Waals surface area contributed by atoms with Crippen LogP contribution in [0.3, 0.4) is 0 Å². The van der Waals surface area contributed by atoms with E-state index in [4.69, 9.17) is 5.14 Å². The van der Waals surface area contributed by atoms with Crippen LogP contribution in [0.5, 0.6) is 0 Å². The fourth-order valence-electron chi connectivity index (χ4n) is 2.39. The number of hydrogen-bond acceptors (Lipinski definition) is 6. The maximum atomic E-state index is 13.2. The quantitative estimate of drug-likeness (QED) is 0.575. The first kappa shape index (κ1) is 18.7. The first-order chi connectivity index (χ1) is 12.9. The molecule has 0 amide bonds. The first-order valence-corrected chi connectivity index (χ1v) is 9.66. The molecule has 4 N–H and O–H groups in total. The summed E-state index contributed by atoms with van der Waals surface area (Å²) in [5.41, 5.74) is 1.52. The van der Waals surface area contributed by atoms with E-state index in [2.05, 4.69) is 20.6 Å². The van der Waals surface area contributed by atoms with Gasteiger partial charge in [-0.15, -0.1) is 0 Å². The minimum atomic E-state index is -3.68. The molecule has 0 atom stereocenters. The highest BCUT2D eigenvalue weighted by Crippen LogP contribution is 2.15. The summed E-state index contributed by atoms with van der Waals surface area (Å²) in [6, 6.07) is 14.2. The number of nitrogens with two attached hydrogens (primary N) is 1. The highest BCUT2D eigenvalue weighted by Gasteiger charge is 2.06. The summed E-state index contributed by atoms with van der Waals surface area (Å²) in [6.45, 7) is 0.588. The third kappa shape index (κ3) is 5.47. The van der Waals surface area contributed by atoms with Crippen LogP contribution in [0.15, 0.2) is 65.7 Å². The van der Waals surface area contributed by atoms with E-state index in [9.17, 15) is 12.8 Å². The van der Waals surface area contributed by atoms with Crippen LogP contribution in [0.2, 0.25) is 0 Å². The molecule has 0 unspecified atom stereocenters. The Morgan fingerprint density at radius 1 is 1.07 bits per heavy atom. The Hall–Kier alpha value is -3.04. The van der Waals surface area contributed by atoms with Crippen molar-refractivity contribution in [1.82, 2.24) is 9.97 Å². The molecule has 0 aliphatic carbocycles. The molecule has 0 saturated heterocycles. The number of nitrogens with zero attached hydrogens (tertiary/aromatic N) is 2. The van der Waals surface area contributed by atoms with Gasteiger partial charge in [-0.3, -0.25) is 0 Å². The van der Waals surface area contributed by atoms with Gasteiger partial charge in [0.05, 0.1) is 4.90 Å². The van der Waals surface area contributed by atoms with Crippen molar-refractivity contribution in [2.75, 3.05) is 17.2 Å². The highest BCUT2D eigenvalue weighted by atomic mass is 32.2. The second-order valence-corrected chi connectivity index (χ2v) is 7.33. The molecule has 3 aromatic rings. The van der Waals surface area contributed by atoms with Crippen LogP contribution in [0.4, 0.5) is 21.8 Å². The third-order valence-electron chi connectivity index (χ3n) is 3.71. The molecular formula is C18H18FN5O2S. The van der Waals surface area contributed by atoms with Crippen molar-refractivity contribution in [3.63, 3.8) is 0 Å². The number of rotatable bonds is 7. The molecule has 0 fully saturated rings. The second kappa shape index (κ2) is 8.11. The minimum absolute atomic E-state index is 0.0862. The van der Waals surface area contributed by atoms with E-state index in [1.807, 2.05) is 0 Å². The molecule has 0 saturated carbocycles. The summed E-state index contributed by atoms with van der Waals surface area (Å²) in [6.07, 6.45) is 2.26. The normalized spacial score (nSPS) is 11.2. The van der Waals surface area contributed by atoms with Crippen LogP contribution in [0.1, 0.15) is 5.56 Å². The Morgan fingerprint density at radius 2 is 1.85 bits per heavy atom. The number of halogens is 1. The van der Waals surface area contributed by atoms with Crippen LogP contribution in [0.25, 0.3) is 0 Å². The molecule has 0 aliphatic rings. The minimum Gasteiger partial charge on any atom is -0.370 e. The molecule has 0 spiro atoms. The Labute approximate surface area is 156 Å². The van der Waals surface area contributed by atoms with Crippen LogP contribution < -0.4 is 15.8 Å². The van der Waals surface area contributed by atoms with Crippen molar-refractivity contribution in [3.8, 4) is 0 Å². The van der Waals surface area contributed by atoms with Gasteiger partial charge < -0.3 is 10.6 Å². The molecule has 3 rings (SSSR count). The SMILES string of the molecule is NS(=O)(=O)c1ccc(CCNc2ccnc(Nc3cccc(F)c3)n2)cc1. The van der Waals surface area contributed by atoms with E-state index >= 15 is 0 Å². The number of aromatic nitrogens is 2. The van der Waals surface area contributed by atoms with Crippen LogP contribution in [0, 0.1) is 5.82 Å². The lowest BCUT2D eigenvalue weighted by atomic mass is 10.1. The number of benzene rings is 2. The van der Waals surface area contributed by atoms with E-state index in [1.165, 1.54) is 24.3 Å². The van der Waals surface area contributed by atoms with Crippen LogP contribution in [-0.2, 0) is 16.4 Å². The lowest BCUT2D eigenvalue weighted by molar-refractivity contribution is 0.597. The predicted octanol–water partition coefficient (Wildman–Crippen LogP) is 2.66. The van der Waals surface area contributed by atoms with E-state index in [-0.39, 0.29) is 10.7 Å². The summed E-state index contributed by atoms with van der Waals surface area (Å²) in [5, 5.41) is 11.2. The van der Waals surface area contributed by atoms with Crippen molar-refractivity contribution >= 4 is 27.5 Å². The zero-order valence-corrected chi connectivity index (χ0v) is 15.1. The lowest BCUT2D eigenvalue weighted by Gasteiger charge is -2.09. The van der Waals surface area contributed by atoms with E-state index in [0.717, 1.165) is 5.56 Å². The molecule has 7 nitrogen and oxygen atoms in total. The fourth-order valence-corrected chi connectivity index (χ4v) is 2.91. The molecular weight excluding hydrogens is 369 g/mol. The maximum Gasteiger partial charge on any atom is 0.238 e. The van der Waals surface area contributed by atoms with Gasteiger partial charge in [0.25, 0.3) is 0 Å². The smallest absolute Gasteiger partial charge is 0.238 e. The summed E-state index contributed by atoms with van der Waals surface area (Å²) < 4.78 is 35.7. The summed E-state index contributed by atoms with van der Waals surface area (Å²) in [5.74, 6) is 0.621. The number of hydrogen-bond donors (Lipinski definition) is 3. The van der Waals surface area contributed by atoms with Gasteiger partial charge in [-0.25, -0.2) is 22.9 Å². The van der Waals surface area contributed by atoms with Crippen molar-refractivity contribution in [2.24, 2.45) is 5.14 Å². The summed E-state index contributed by atoms with van der Waals surface area (Å²) in [7, 11) is -3.68. The van der Waals surface area contributed by atoms with E-state index < -0.39 is 10.0 Å². The van der Waals surface area contributed by atoms with Gasteiger partial charge in [-0.05, 0) is 48.4 Å². The second-order valence-electron chi connectivity index (χ2n) is 5.77. The lowest BCUT2D eigenvalue weighted by Crippen LogP contribution is -2.12. The molecule has 0 aliphatic heterocycles. The predicted molar refractivity (Wildman–Crippen MR) is 102 cm³/mol. The van der Waals surface area contributed by atoms with Gasteiger partial charge in [0.1, 0.15) is 11.6 Å². The average molecular weight is 387 g/mol. The maximum absolute atomic E-state index is 13.2. The Morgan fingerprint density at radius 3 is 2.56 bits per heavy atom. The molecule has 9 heteroatoms. The van der Waals surface area contributed by atoms with Crippen LogP contribution in [-0.4, -0.2) is 24.9 Å². The molecule has 27 heavy (non-hydrogen) atoms. The van der Waals surface area contributed by atoms with Crippen molar-refractivity contribution in [2.45, 2.75) is 11.3 Å². The molecule has 1 aromatic heterocycles. The van der Waals surface area contributed by atoms with Crippen LogP contribution >= 0.6 is 0 Å². The molecule has 0 radical (unpaired) electrons. The van der Waals surface area contributed by atoms with Gasteiger partial charge in [-0.1, -0.05) is 18.2 Å². The van der Waals surface area contributed by atoms with Gasteiger partial charge in [-0.2, -0.15) is 4.98 Å². The first-order valence-electron chi connectivity index (χ1n) is 8.11. The zero-order chi connectivity index (χ0) is 19.3. The average Bonchev–Trinajstić information content (AvgIpc) is 2.62. The zero-order valence-electron chi connectivity index (χ0n) is 14.3. The number of anilines is 3. The largest absolute Gasteiger partial charge is 0.370 e. The van der Waals surface area contributed by atoms with E-state index in [0.29, 0.717) is 30.4 Å². The van der Waals surface area contributed by atoms with Crippen molar-refractivity contribution < 1.29 is 12.8 Å². The number of primary sulfonamides is 1. The summed E-state index contributed by atoms with van der Waals surface area (Å²) in [4.78, 5) is 8.52. The number of sulfonamides is 1. The molecule has 1 heterocycles. The molecule has 140 valence electrons. The summed E-state index contributed by atoms with van der Waals surface area (Å²) >= 11 is 0. The Balaban J connectivity index is 1.57. The van der Waals surface area contributed by atoms with Crippen molar-refractivity contribution in [1.29, 1.82) is 0 Å². The Bertz CT molecular complexity index is 1030. The standard InChI is InChI=1S/C18H18FN5O2S/c19-14-2-1-3-15(12-14)23-18-22-11-9-17(24-18)21-10-8-13-4-6-16(7-5-13)27(20,25)26/h1-7,9,11-12H,8,10H2,(H2,20,25,26)(H2,21,22,23,24). The third-order valence-corrected chi connectivity index (χ3v) is 4.64. The Kier molecular flexibility index (Phi) is 5.63. The van der Waals surface area contributed by atoms with Gasteiger partial charge >= 0.3 is 0 Å². The number of nitrogens with one attached hydrogen (secondary N) is 2. The fraction of sp³-hybridized carbons (Fsp3) is 0.111. The molecule has 0 bridgehead atoms. The molecule has 2 aromatic carbocycles. The monoisotopic (exact) mass is 387 g/mol. The van der Waals surface area contributed by atoms with Gasteiger partial charge in [0.2, 0.25) is 16.0 Å². The van der Waals surface area contributed by atoms with Gasteiger partial charge in [0.15, 0.2) is 0 Å². The van der Waals surface area contributed by atoms with E-state index in [1.54, 1.807) is 36.5 Å². The van der Waals surface area contributed by atoms with Crippen molar-refractivity contribution in [3.05, 3.63) is 72.2 Å². The topological polar surface area (TPSA) is 110 Å². The van der Waals surface area contributed by atoms with Gasteiger partial charge in [0, 0.05) is 18.4 Å². The highest BCUT2D eigenvalue weighted by molar-refractivity contribution is 7.89.